The van der Waals surface area contributed by atoms with Crippen molar-refractivity contribution in [2.45, 2.75) is 50.8 Å². The van der Waals surface area contributed by atoms with Gasteiger partial charge in [-0.3, -0.25) is 19.1 Å². The third kappa shape index (κ3) is 6.11. The molecule has 4 rings (SSSR count). The van der Waals surface area contributed by atoms with Gasteiger partial charge in [0.25, 0.3) is 0 Å². The van der Waals surface area contributed by atoms with Crippen molar-refractivity contribution in [2.24, 2.45) is 18.7 Å². The average Bonchev–Trinajstić information content (AvgIpc) is 3.49. The highest BCUT2D eigenvalue weighted by Gasteiger charge is 2.43. The third-order valence-corrected chi connectivity index (χ3v) is 7.04. The van der Waals surface area contributed by atoms with Gasteiger partial charge in [0.15, 0.2) is 0 Å². The normalized spacial score (nSPS) is 18.8. The Morgan fingerprint density at radius 2 is 1.74 bits per heavy atom. The monoisotopic (exact) mass is 517 g/mol. The lowest BCUT2D eigenvalue weighted by atomic mass is 9.89. The number of nitrogens with zero attached hydrogens (tertiary/aromatic N) is 3. The summed E-state index contributed by atoms with van der Waals surface area (Å²) in [6, 6.07) is 15.8. The van der Waals surface area contributed by atoms with Crippen molar-refractivity contribution in [3.63, 3.8) is 0 Å². The van der Waals surface area contributed by atoms with Crippen LogP contribution < -0.4 is 11.1 Å². The molecule has 1 aliphatic heterocycles. The summed E-state index contributed by atoms with van der Waals surface area (Å²) in [6.45, 7) is 3.91. The Labute approximate surface area is 222 Å². The molecule has 9 heteroatoms. The highest BCUT2D eigenvalue weighted by atomic mass is 16.3. The first-order valence-corrected chi connectivity index (χ1v) is 12.8. The minimum atomic E-state index is -0.959. The smallest absolute Gasteiger partial charge is 0.243 e. The van der Waals surface area contributed by atoms with Gasteiger partial charge in [0, 0.05) is 38.2 Å². The number of β-amino-alcohol motifs (C(OH)–C–C–N with tert-alkyl or cyclic N) is 1. The van der Waals surface area contributed by atoms with Crippen molar-refractivity contribution < 1.29 is 19.5 Å². The van der Waals surface area contributed by atoms with Crippen molar-refractivity contribution in [1.82, 2.24) is 20.0 Å². The molecule has 2 aromatic carbocycles. The summed E-state index contributed by atoms with van der Waals surface area (Å²) in [5.41, 5.74) is 9.35. The number of aryl methyl sites for hydroxylation is 1. The molecule has 4 N–H and O–H groups in total. The van der Waals surface area contributed by atoms with Gasteiger partial charge in [-0.05, 0) is 22.6 Å². The summed E-state index contributed by atoms with van der Waals surface area (Å²) >= 11 is 0. The van der Waals surface area contributed by atoms with Crippen molar-refractivity contribution in [3.05, 3.63) is 78.1 Å². The third-order valence-electron chi connectivity index (χ3n) is 7.04. The number of carbonyl (C=O) groups excluding carboxylic acids is 3. The standard InChI is InChI=1S/C29H35N5O4/c1-18(2)26(22-15-31-33(3)16-22)29(38)34-17-23(35)14-25(34)28(37)32-24(27(30)36)13-19-9-11-21(12-10-19)20-7-5-4-6-8-20/h4-12,15-16,18,23-26,35H,13-14,17H2,1-3H3,(H2,30,36)(H,32,37)/t23-,24-,25+,26-/m1/s1. The zero-order valence-electron chi connectivity index (χ0n) is 21.9. The van der Waals surface area contributed by atoms with Crippen molar-refractivity contribution in [1.29, 1.82) is 0 Å². The average molecular weight is 518 g/mol. The Bertz CT molecular complexity index is 1270. The van der Waals surface area contributed by atoms with E-state index in [0.29, 0.717) is 0 Å². The van der Waals surface area contributed by atoms with E-state index in [0.717, 1.165) is 22.3 Å². The van der Waals surface area contributed by atoms with E-state index in [2.05, 4.69) is 10.4 Å². The first-order chi connectivity index (χ1) is 18.1. The summed E-state index contributed by atoms with van der Waals surface area (Å²) in [5.74, 6) is -1.99. The minimum absolute atomic E-state index is 0.0442. The van der Waals surface area contributed by atoms with Gasteiger partial charge in [0.05, 0.1) is 18.2 Å². The molecule has 0 saturated carbocycles. The highest BCUT2D eigenvalue weighted by Crippen LogP contribution is 2.30. The molecule has 0 radical (unpaired) electrons. The van der Waals surface area contributed by atoms with Crippen LogP contribution in [-0.4, -0.2) is 62.2 Å². The van der Waals surface area contributed by atoms with Crippen molar-refractivity contribution >= 4 is 17.7 Å². The van der Waals surface area contributed by atoms with Crippen LogP contribution in [0, 0.1) is 5.92 Å². The summed E-state index contributed by atoms with van der Waals surface area (Å²) in [6.07, 6.45) is 2.90. The molecule has 0 bridgehead atoms. The summed E-state index contributed by atoms with van der Waals surface area (Å²) in [4.78, 5) is 40.7. The molecule has 1 aromatic heterocycles. The number of nitrogens with one attached hydrogen (secondary N) is 1. The summed E-state index contributed by atoms with van der Waals surface area (Å²) < 4.78 is 1.63. The second-order valence-corrected chi connectivity index (χ2v) is 10.3. The maximum Gasteiger partial charge on any atom is 0.243 e. The van der Waals surface area contributed by atoms with Crippen LogP contribution in [0.2, 0.25) is 0 Å². The van der Waals surface area contributed by atoms with Gasteiger partial charge in [-0.1, -0.05) is 68.4 Å². The maximum absolute atomic E-state index is 13.6. The molecular weight excluding hydrogens is 482 g/mol. The Morgan fingerprint density at radius 1 is 1.08 bits per heavy atom. The van der Waals surface area contributed by atoms with E-state index in [9.17, 15) is 19.5 Å². The topological polar surface area (TPSA) is 131 Å². The van der Waals surface area contributed by atoms with Crippen LogP contribution in [0.4, 0.5) is 0 Å². The maximum atomic E-state index is 13.6. The van der Waals surface area contributed by atoms with Gasteiger partial charge in [-0.25, -0.2) is 0 Å². The number of aliphatic hydroxyl groups excluding tert-OH is 1. The molecular formula is C29H35N5O4. The molecule has 4 atom stereocenters. The van der Waals surface area contributed by atoms with Crippen LogP contribution >= 0.6 is 0 Å². The molecule has 1 fully saturated rings. The molecule has 3 amide bonds. The number of hydrogen-bond acceptors (Lipinski definition) is 5. The van der Waals surface area contributed by atoms with E-state index >= 15 is 0 Å². The second kappa shape index (κ2) is 11.6. The summed E-state index contributed by atoms with van der Waals surface area (Å²) in [5, 5.41) is 17.3. The lowest BCUT2D eigenvalue weighted by Gasteiger charge is -2.30. The van der Waals surface area contributed by atoms with Crippen LogP contribution in [0.3, 0.4) is 0 Å². The van der Waals surface area contributed by atoms with Gasteiger partial charge in [-0.15, -0.1) is 0 Å². The number of aliphatic hydroxyl groups is 1. The molecule has 3 aromatic rings. The molecule has 200 valence electrons. The van der Waals surface area contributed by atoms with Crippen LogP contribution in [0.15, 0.2) is 67.0 Å². The number of nitrogens with two attached hydrogens (primary N) is 1. The number of benzene rings is 2. The van der Waals surface area contributed by atoms with Crippen molar-refractivity contribution in [3.8, 4) is 11.1 Å². The van der Waals surface area contributed by atoms with Gasteiger partial charge >= 0.3 is 0 Å². The van der Waals surface area contributed by atoms with E-state index < -0.39 is 35.9 Å². The van der Waals surface area contributed by atoms with E-state index in [1.807, 2.05) is 68.4 Å². The van der Waals surface area contributed by atoms with E-state index in [1.54, 1.807) is 24.1 Å². The molecule has 1 aliphatic rings. The number of hydrogen-bond donors (Lipinski definition) is 3. The van der Waals surface area contributed by atoms with Gasteiger partial charge in [0.2, 0.25) is 17.7 Å². The quantitative estimate of drug-likeness (QED) is 0.400. The van der Waals surface area contributed by atoms with Crippen LogP contribution in [0.1, 0.15) is 37.3 Å². The molecule has 0 aliphatic carbocycles. The number of amides is 3. The fourth-order valence-corrected chi connectivity index (χ4v) is 5.09. The Kier molecular flexibility index (Phi) is 8.26. The Morgan fingerprint density at radius 3 is 2.32 bits per heavy atom. The Hall–Kier alpha value is -3.98. The lowest BCUT2D eigenvalue weighted by molar-refractivity contribution is -0.141. The SMILES string of the molecule is CC(C)[C@@H](C(=O)N1C[C@H](O)C[C@H]1C(=O)N[C@H](Cc1ccc(-c2ccccc2)cc1)C(N)=O)c1cnn(C)c1. The molecule has 0 unspecified atom stereocenters. The number of aromatic nitrogens is 2. The molecule has 9 nitrogen and oxygen atoms in total. The first kappa shape index (κ1) is 27.1. The zero-order valence-corrected chi connectivity index (χ0v) is 21.9. The number of rotatable bonds is 9. The van der Waals surface area contributed by atoms with E-state index in [-0.39, 0.29) is 31.2 Å². The van der Waals surface area contributed by atoms with Crippen LogP contribution in [0.25, 0.3) is 11.1 Å². The fourth-order valence-electron chi connectivity index (χ4n) is 5.09. The van der Waals surface area contributed by atoms with Gasteiger partial charge < -0.3 is 21.1 Å². The zero-order chi connectivity index (χ0) is 27.4. The van der Waals surface area contributed by atoms with Gasteiger partial charge in [0.1, 0.15) is 12.1 Å². The second-order valence-electron chi connectivity index (χ2n) is 10.3. The van der Waals surface area contributed by atoms with Gasteiger partial charge in [-0.2, -0.15) is 5.10 Å². The van der Waals surface area contributed by atoms with Crippen LogP contribution in [0.5, 0.6) is 0 Å². The highest BCUT2D eigenvalue weighted by molar-refractivity contribution is 5.94. The number of carbonyl (C=O) groups is 3. The summed E-state index contributed by atoms with van der Waals surface area (Å²) in [7, 11) is 1.78. The first-order valence-electron chi connectivity index (χ1n) is 12.8. The molecule has 0 spiro atoms. The van der Waals surface area contributed by atoms with E-state index in [4.69, 9.17) is 5.73 Å². The molecule has 2 heterocycles. The number of likely N-dealkylation sites (tertiary alicyclic amines) is 1. The number of primary amides is 1. The van der Waals surface area contributed by atoms with E-state index in [1.165, 1.54) is 4.90 Å². The molecule has 1 saturated heterocycles. The van der Waals surface area contributed by atoms with Crippen molar-refractivity contribution in [2.75, 3.05) is 6.54 Å². The fraction of sp³-hybridized carbons (Fsp3) is 0.379. The predicted octanol–water partition coefficient (Wildman–Crippen LogP) is 2.00. The lowest BCUT2D eigenvalue weighted by Crippen LogP contribution is -2.53. The predicted molar refractivity (Wildman–Crippen MR) is 144 cm³/mol. The Balaban J connectivity index is 1.47. The van der Waals surface area contributed by atoms with Crippen LogP contribution in [-0.2, 0) is 27.9 Å². The minimum Gasteiger partial charge on any atom is -0.391 e. The molecule has 38 heavy (non-hydrogen) atoms. The largest absolute Gasteiger partial charge is 0.391 e.